The van der Waals surface area contributed by atoms with Crippen molar-refractivity contribution >= 4 is 22.8 Å². The number of aromatic nitrogens is 1. The summed E-state index contributed by atoms with van der Waals surface area (Å²) < 4.78 is 0. The molecule has 3 aromatic rings. The summed E-state index contributed by atoms with van der Waals surface area (Å²) in [7, 11) is 0. The highest BCUT2D eigenvalue weighted by molar-refractivity contribution is 5.97. The Hall–Kier alpha value is -3.21. The van der Waals surface area contributed by atoms with Crippen LogP contribution in [-0.4, -0.2) is 28.0 Å². The molecule has 126 valence electrons. The summed E-state index contributed by atoms with van der Waals surface area (Å²) >= 11 is 0. The summed E-state index contributed by atoms with van der Waals surface area (Å²) in [4.78, 5) is 28.3. The van der Waals surface area contributed by atoms with Crippen LogP contribution in [-0.2, 0) is 11.2 Å². The van der Waals surface area contributed by atoms with Gasteiger partial charge in [-0.1, -0.05) is 54.1 Å². The van der Waals surface area contributed by atoms with Gasteiger partial charge in [0.25, 0.3) is 5.91 Å². The Balaban J connectivity index is 1.78. The molecule has 0 radical (unpaired) electrons. The van der Waals surface area contributed by atoms with Crippen LogP contribution in [0.4, 0.5) is 0 Å². The first kappa shape index (κ1) is 16.6. The van der Waals surface area contributed by atoms with E-state index in [1.807, 2.05) is 55.5 Å². The molecular weight excluding hydrogens is 316 g/mol. The zero-order valence-corrected chi connectivity index (χ0v) is 13.8. The molecule has 0 aliphatic rings. The molecule has 0 spiro atoms. The van der Waals surface area contributed by atoms with E-state index in [0.29, 0.717) is 5.52 Å². The molecule has 1 aromatic heterocycles. The lowest BCUT2D eigenvalue weighted by molar-refractivity contribution is -0.139. The Morgan fingerprint density at radius 1 is 1.08 bits per heavy atom. The molecule has 1 amide bonds. The molecule has 0 saturated heterocycles. The van der Waals surface area contributed by atoms with Gasteiger partial charge in [0, 0.05) is 11.8 Å². The molecule has 2 N–H and O–H groups in total. The second kappa shape index (κ2) is 7.13. The quantitative estimate of drug-likeness (QED) is 0.752. The van der Waals surface area contributed by atoms with Gasteiger partial charge < -0.3 is 10.4 Å². The third-order valence-corrected chi connectivity index (χ3v) is 3.96. The van der Waals surface area contributed by atoms with E-state index in [-0.39, 0.29) is 12.1 Å². The average Bonchev–Trinajstić information content (AvgIpc) is 2.60. The summed E-state index contributed by atoms with van der Waals surface area (Å²) in [5.74, 6) is -1.57. The van der Waals surface area contributed by atoms with Crippen molar-refractivity contribution in [2.75, 3.05) is 0 Å². The Morgan fingerprint density at radius 3 is 2.64 bits per heavy atom. The van der Waals surface area contributed by atoms with Crippen LogP contribution in [0.5, 0.6) is 0 Å². The molecule has 0 saturated carbocycles. The molecule has 1 heterocycles. The number of benzene rings is 2. The minimum absolute atomic E-state index is 0.203. The minimum atomic E-state index is -1.07. The number of para-hydroxylation sites is 1. The van der Waals surface area contributed by atoms with Crippen LogP contribution in [0.2, 0.25) is 0 Å². The fourth-order valence-electron chi connectivity index (χ4n) is 2.70. The Morgan fingerprint density at radius 2 is 1.88 bits per heavy atom. The lowest BCUT2D eigenvalue weighted by atomic mass is 10.0. The van der Waals surface area contributed by atoms with E-state index in [2.05, 4.69) is 10.3 Å². The van der Waals surface area contributed by atoms with E-state index in [1.165, 1.54) is 0 Å². The van der Waals surface area contributed by atoms with Crippen molar-refractivity contribution in [1.29, 1.82) is 0 Å². The van der Waals surface area contributed by atoms with Gasteiger partial charge in [0.05, 0.1) is 5.52 Å². The van der Waals surface area contributed by atoms with Gasteiger partial charge in [0.15, 0.2) is 0 Å². The molecule has 0 fully saturated rings. The standard InChI is InChI=1S/C20H18N2O3/c1-13-5-4-6-14(11-13)12-18(20(24)25)22-19(23)17-10-9-15-7-2-3-8-16(15)21-17/h2-11,18H,12H2,1H3,(H,22,23)(H,24,25)/t18-/m1/s1. The van der Waals surface area contributed by atoms with Crippen molar-refractivity contribution in [2.24, 2.45) is 0 Å². The largest absolute Gasteiger partial charge is 0.480 e. The van der Waals surface area contributed by atoms with Crippen LogP contribution in [0.3, 0.4) is 0 Å². The van der Waals surface area contributed by atoms with E-state index in [4.69, 9.17) is 0 Å². The smallest absolute Gasteiger partial charge is 0.326 e. The number of rotatable bonds is 5. The van der Waals surface area contributed by atoms with Crippen LogP contribution in [0, 0.1) is 6.92 Å². The van der Waals surface area contributed by atoms with E-state index >= 15 is 0 Å². The molecule has 0 aliphatic carbocycles. The van der Waals surface area contributed by atoms with Crippen molar-refractivity contribution < 1.29 is 14.7 Å². The fraction of sp³-hybridized carbons (Fsp3) is 0.150. The number of pyridine rings is 1. The highest BCUT2D eigenvalue weighted by atomic mass is 16.4. The topological polar surface area (TPSA) is 79.3 Å². The number of carboxylic acid groups (broad SMARTS) is 1. The predicted octanol–water partition coefficient (Wildman–Crippen LogP) is 2.97. The Bertz CT molecular complexity index is 937. The van der Waals surface area contributed by atoms with E-state index in [9.17, 15) is 14.7 Å². The molecule has 2 aromatic carbocycles. The third kappa shape index (κ3) is 4.01. The molecule has 5 heteroatoms. The van der Waals surface area contributed by atoms with Crippen LogP contribution < -0.4 is 5.32 Å². The molecule has 0 aliphatic heterocycles. The van der Waals surface area contributed by atoms with Crippen molar-refractivity contribution in [1.82, 2.24) is 10.3 Å². The molecule has 0 bridgehead atoms. The van der Waals surface area contributed by atoms with Gasteiger partial charge in [-0.15, -0.1) is 0 Å². The normalized spacial score (nSPS) is 11.9. The van der Waals surface area contributed by atoms with Crippen LogP contribution >= 0.6 is 0 Å². The number of carbonyl (C=O) groups is 2. The van der Waals surface area contributed by atoms with Gasteiger partial charge in [-0.3, -0.25) is 4.79 Å². The number of nitrogens with one attached hydrogen (secondary N) is 1. The first-order valence-electron chi connectivity index (χ1n) is 7.98. The maximum atomic E-state index is 12.4. The second-order valence-electron chi connectivity index (χ2n) is 5.95. The number of nitrogens with zero attached hydrogens (tertiary/aromatic N) is 1. The number of amides is 1. The molecular formula is C20H18N2O3. The number of aliphatic carboxylic acids is 1. The van der Waals surface area contributed by atoms with Crippen LogP contribution in [0.1, 0.15) is 21.6 Å². The lowest BCUT2D eigenvalue weighted by Crippen LogP contribution is -2.42. The SMILES string of the molecule is Cc1cccc(C[C@@H](NC(=O)c2ccc3ccccc3n2)C(=O)O)c1. The average molecular weight is 334 g/mol. The van der Waals surface area contributed by atoms with Gasteiger partial charge in [-0.2, -0.15) is 0 Å². The maximum Gasteiger partial charge on any atom is 0.326 e. The predicted molar refractivity (Wildman–Crippen MR) is 95.5 cm³/mol. The fourth-order valence-corrected chi connectivity index (χ4v) is 2.70. The summed E-state index contributed by atoms with van der Waals surface area (Å²) in [6.45, 7) is 1.94. The molecule has 1 atom stereocenters. The van der Waals surface area contributed by atoms with Crippen molar-refractivity contribution in [3.8, 4) is 0 Å². The highest BCUT2D eigenvalue weighted by Gasteiger charge is 2.22. The van der Waals surface area contributed by atoms with Crippen molar-refractivity contribution in [2.45, 2.75) is 19.4 Å². The first-order valence-corrected chi connectivity index (χ1v) is 7.98. The zero-order valence-electron chi connectivity index (χ0n) is 13.8. The first-order chi connectivity index (χ1) is 12.0. The summed E-state index contributed by atoms with van der Waals surface area (Å²) in [5, 5.41) is 12.9. The number of aryl methyl sites for hydroxylation is 1. The van der Waals surface area contributed by atoms with Gasteiger partial charge in [0.2, 0.25) is 0 Å². The van der Waals surface area contributed by atoms with Gasteiger partial charge in [0.1, 0.15) is 11.7 Å². The number of carbonyl (C=O) groups excluding carboxylic acids is 1. The number of hydrogen-bond acceptors (Lipinski definition) is 3. The maximum absolute atomic E-state index is 12.4. The second-order valence-corrected chi connectivity index (χ2v) is 5.95. The van der Waals surface area contributed by atoms with Gasteiger partial charge in [-0.25, -0.2) is 9.78 Å². The zero-order chi connectivity index (χ0) is 17.8. The lowest BCUT2D eigenvalue weighted by Gasteiger charge is -2.15. The molecule has 0 unspecified atom stereocenters. The third-order valence-electron chi connectivity index (χ3n) is 3.96. The molecule has 3 rings (SSSR count). The minimum Gasteiger partial charge on any atom is -0.480 e. The van der Waals surface area contributed by atoms with Crippen LogP contribution in [0.25, 0.3) is 10.9 Å². The van der Waals surface area contributed by atoms with Crippen LogP contribution in [0.15, 0.2) is 60.7 Å². The number of fused-ring (bicyclic) bond motifs is 1. The highest BCUT2D eigenvalue weighted by Crippen LogP contribution is 2.12. The summed E-state index contributed by atoms with van der Waals surface area (Å²) in [5.41, 5.74) is 2.80. The van der Waals surface area contributed by atoms with Crippen molar-refractivity contribution in [3.05, 3.63) is 77.5 Å². The molecule has 25 heavy (non-hydrogen) atoms. The van der Waals surface area contributed by atoms with Gasteiger partial charge in [-0.05, 0) is 24.6 Å². The van der Waals surface area contributed by atoms with Gasteiger partial charge >= 0.3 is 5.97 Å². The van der Waals surface area contributed by atoms with Crippen molar-refractivity contribution in [3.63, 3.8) is 0 Å². The summed E-state index contributed by atoms with van der Waals surface area (Å²) in [6.07, 6.45) is 0.219. The summed E-state index contributed by atoms with van der Waals surface area (Å²) in [6, 6.07) is 17.4. The molecule has 5 nitrogen and oxygen atoms in total. The number of carboxylic acids is 1. The monoisotopic (exact) mass is 334 g/mol. The number of hydrogen-bond donors (Lipinski definition) is 2. The Kier molecular flexibility index (Phi) is 4.75. The van der Waals surface area contributed by atoms with E-state index in [1.54, 1.807) is 12.1 Å². The van der Waals surface area contributed by atoms with E-state index < -0.39 is 17.9 Å². The Labute approximate surface area is 145 Å². The van der Waals surface area contributed by atoms with E-state index in [0.717, 1.165) is 16.5 Å².